The van der Waals surface area contributed by atoms with Crippen LogP contribution in [0.15, 0.2) is 30.6 Å². The molecule has 2 aromatic heterocycles. The fourth-order valence-electron chi connectivity index (χ4n) is 4.34. The molecule has 0 amide bonds. The summed E-state index contributed by atoms with van der Waals surface area (Å²) in [7, 11) is -1.75. The molecule has 2 aromatic carbocycles. The number of sulfone groups is 1. The van der Waals surface area contributed by atoms with Gasteiger partial charge >= 0.3 is 0 Å². The highest BCUT2D eigenvalue weighted by molar-refractivity contribution is 7.89. The summed E-state index contributed by atoms with van der Waals surface area (Å²) in [6.45, 7) is 2.89. The van der Waals surface area contributed by atoms with Crippen molar-refractivity contribution in [1.29, 1.82) is 0 Å². The summed E-state index contributed by atoms with van der Waals surface area (Å²) in [4.78, 5) is 13.1. The smallest absolute Gasteiger partial charge is 0.237 e. The lowest BCUT2D eigenvalue weighted by molar-refractivity contribution is 0.310. The molecule has 0 aliphatic carbocycles. The number of aromatic nitrogens is 3. The molecule has 0 fully saturated rings. The van der Waals surface area contributed by atoms with Gasteiger partial charge in [-0.25, -0.2) is 27.8 Å². The fourth-order valence-corrected chi connectivity index (χ4v) is 5.45. The average molecular weight is 559 g/mol. The van der Waals surface area contributed by atoms with Crippen molar-refractivity contribution in [2.24, 2.45) is 0 Å². The van der Waals surface area contributed by atoms with Gasteiger partial charge in [0.1, 0.15) is 18.0 Å². The summed E-state index contributed by atoms with van der Waals surface area (Å²) in [5, 5.41) is 6.58. The zero-order valence-electron chi connectivity index (χ0n) is 20.7. The molecule has 1 aliphatic rings. The Morgan fingerprint density at radius 3 is 2.82 bits per heavy atom. The molecule has 5 rings (SSSR count). The number of nitrogens with one attached hydrogen (secondary N) is 2. The van der Waals surface area contributed by atoms with Crippen LogP contribution in [-0.4, -0.2) is 49.9 Å². The summed E-state index contributed by atoms with van der Waals surface area (Å²) < 4.78 is 49.9. The van der Waals surface area contributed by atoms with E-state index in [2.05, 4.69) is 25.6 Å². The lowest BCUT2D eigenvalue weighted by Crippen LogP contribution is -2.20. The van der Waals surface area contributed by atoms with Gasteiger partial charge in [-0.1, -0.05) is 17.7 Å². The Bertz CT molecular complexity index is 1700. The van der Waals surface area contributed by atoms with Crippen molar-refractivity contribution in [1.82, 2.24) is 15.0 Å². The van der Waals surface area contributed by atoms with Gasteiger partial charge in [0.25, 0.3) is 0 Å². The Morgan fingerprint density at radius 2 is 2.08 bits per heavy atom. The fraction of sp³-hybridized carbons (Fsp3) is 0.240. The van der Waals surface area contributed by atoms with E-state index in [4.69, 9.17) is 26.8 Å². The molecule has 4 N–H and O–H groups in total. The molecule has 0 atom stereocenters. The molecule has 1 aliphatic heterocycles. The van der Waals surface area contributed by atoms with Crippen LogP contribution in [-0.2, 0) is 15.6 Å². The van der Waals surface area contributed by atoms with Gasteiger partial charge in [0.2, 0.25) is 11.8 Å². The molecule has 3 heterocycles. The van der Waals surface area contributed by atoms with Crippen LogP contribution >= 0.6 is 11.6 Å². The highest BCUT2D eigenvalue weighted by Crippen LogP contribution is 2.44. The lowest BCUT2D eigenvalue weighted by atomic mass is 9.98. The number of nitrogens with two attached hydrogens (primary N) is 1. The Labute approximate surface area is 223 Å². The van der Waals surface area contributed by atoms with E-state index in [1.165, 1.54) is 19.5 Å². The van der Waals surface area contributed by atoms with E-state index < -0.39 is 15.7 Å². The highest BCUT2D eigenvalue weighted by atomic mass is 35.5. The topological polar surface area (TPSA) is 141 Å². The summed E-state index contributed by atoms with van der Waals surface area (Å²) in [5.74, 6) is 0.161. The largest absolute Gasteiger partial charge is 0.495 e. The van der Waals surface area contributed by atoms with Crippen molar-refractivity contribution < 1.29 is 22.3 Å². The van der Waals surface area contributed by atoms with Crippen molar-refractivity contribution >= 4 is 55.4 Å². The number of nitrogen functional groups attached to an aromatic ring is 1. The van der Waals surface area contributed by atoms with Crippen molar-refractivity contribution in [2.45, 2.75) is 12.7 Å². The molecule has 0 bridgehead atoms. The number of nitrogens with zero attached hydrogens (tertiary/aromatic N) is 3. The molecule has 0 saturated carbocycles. The number of methoxy groups -OCH3 is 1. The minimum absolute atomic E-state index is 0.0502. The minimum atomic E-state index is -3.22. The van der Waals surface area contributed by atoms with E-state index in [-0.39, 0.29) is 38.9 Å². The van der Waals surface area contributed by atoms with Crippen molar-refractivity contribution in [2.75, 3.05) is 42.9 Å². The number of anilines is 4. The van der Waals surface area contributed by atoms with Gasteiger partial charge in [-0.3, -0.25) is 0 Å². The second-order valence-corrected chi connectivity index (χ2v) is 11.4. The van der Waals surface area contributed by atoms with Crippen molar-refractivity contribution in [3.05, 3.63) is 52.6 Å². The van der Waals surface area contributed by atoms with E-state index in [0.29, 0.717) is 52.8 Å². The van der Waals surface area contributed by atoms with Crippen molar-refractivity contribution in [3.63, 3.8) is 0 Å². The first kappa shape index (κ1) is 25.7. The number of benzene rings is 2. The Hall–Kier alpha value is -3.90. The molecule has 0 unspecified atom stereocenters. The first-order valence-corrected chi connectivity index (χ1v) is 13.9. The number of rotatable bonds is 6. The Morgan fingerprint density at radius 1 is 1.29 bits per heavy atom. The summed E-state index contributed by atoms with van der Waals surface area (Å²) in [5.41, 5.74) is 9.23. The van der Waals surface area contributed by atoms with Crippen LogP contribution in [0.1, 0.15) is 11.1 Å². The average Bonchev–Trinajstić information content (AvgIpc) is 2.89. The van der Waals surface area contributed by atoms with Gasteiger partial charge in [-0.15, -0.1) is 0 Å². The van der Waals surface area contributed by atoms with Crippen molar-refractivity contribution in [3.8, 4) is 22.8 Å². The van der Waals surface area contributed by atoms with Crippen LogP contribution in [0, 0.1) is 12.7 Å². The maximum atomic E-state index is 15.6. The van der Waals surface area contributed by atoms with Gasteiger partial charge in [0.15, 0.2) is 15.7 Å². The summed E-state index contributed by atoms with van der Waals surface area (Å²) >= 11 is 6.75. The normalized spacial score (nSPS) is 13.0. The van der Waals surface area contributed by atoms with Crippen LogP contribution in [0.3, 0.4) is 0 Å². The van der Waals surface area contributed by atoms with Gasteiger partial charge in [-0.2, -0.15) is 0 Å². The molecular weight excluding hydrogens is 535 g/mol. The SMILES string of the molecule is COc1cc(CS(C)(=O)=O)ccc1Nc1ncc2c(N)c(F)c(-c3cnc4c(c3C)NCCO4)c(Cl)c2n1. The van der Waals surface area contributed by atoms with Crippen LogP contribution in [0.4, 0.5) is 27.4 Å². The maximum absolute atomic E-state index is 15.6. The molecule has 38 heavy (non-hydrogen) atoms. The lowest BCUT2D eigenvalue weighted by Gasteiger charge is -2.22. The summed E-state index contributed by atoms with van der Waals surface area (Å²) in [6, 6.07) is 4.94. The molecule has 0 radical (unpaired) electrons. The van der Waals surface area contributed by atoms with Gasteiger partial charge in [0, 0.05) is 41.7 Å². The minimum Gasteiger partial charge on any atom is -0.495 e. The first-order chi connectivity index (χ1) is 18.1. The zero-order valence-corrected chi connectivity index (χ0v) is 22.3. The van der Waals surface area contributed by atoms with E-state index in [1.54, 1.807) is 18.2 Å². The number of hydrogen-bond acceptors (Lipinski definition) is 10. The third kappa shape index (κ3) is 4.72. The van der Waals surface area contributed by atoms with Gasteiger partial charge < -0.3 is 25.8 Å². The van der Waals surface area contributed by atoms with E-state index in [9.17, 15) is 8.42 Å². The van der Waals surface area contributed by atoms with E-state index in [1.807, 2.05) is 6.92 Å². The number of halogens is 2. The molecule has 10 nitrogen and oxygen atoms in total. The highest BCUT2D eigenvalue weighted by Gasteiger charge is 2.25. The van der Waals surface area contributed by atoms with E-state index >= 15 is 4.39 Å². The molecule has 0 saturated heterocycles. The number of fused-ring (bicyclic) bond motifs is 2. The zero-order chi connectivity index (χ0) is 27.2. The second-order valence-electron chi connectivity index (χ2n) is 8.85. The van der Waals surface area contributed by atoms with Crippen LogP contribution in [0.5, 0.6) is 11.6 Å². The van der Waals surface area contributed by atoms with Gasteiger partial charge in [-0.05, 0) is 30.2 Å². The van der Waals surface area contributed by atoms with Gasteiger partial charge in [0.05, 0.1) is 34.8 Å². The quantitative estimate of drug-likeness (QED) is 0.290. The molecule has 0 spiro atoms. The number of ether oxygens (including phenoxy) is 2. The van der Waals surface area contributed by atoms with E-state index in [0.717, 1.165) is 6.26 Å². The molecule has 13 heteroatoms. The number of pyridine rings is 1. The van der Waals surface area contributed by atoms with Crippen LogP contribution in [0.2, 0.25) is 5.02 Å². The third-order valence-electron chi connectivity index (χ3n) is 6.12. The summed E-state index contributed by atoms with van der Waals surface area (Å²) in [6.07, 6.45) is 4.05. The first-order valence-electron chi connectivity index (χ1n) is 11.5. The Kier molecular flexibility index (Phi) is 6.61. The van der Waals surface area contributed by atoms with Crippen LogP contribution < -0.4 is 25.8 Å². The molecule has 198 valence electrons. The third-order valence-corrected chi connectivity index (χ3v) is 7.34. The molecular formula is C25H24ClFN6O4S. The maximum Gasteiger partial charge on any atom is 0.237 e. The Balaban J connectivity index is 1.58. The standard InChI is InChI=1S/C25H24ClFN6O4S/c1-12-14(9-30-24-22(12)29-6-7-37-24)18-19(26)23-15(21(28)20(18)27)10-31-25(33-23)32-16-5-4-13(8-17(16)36-2)11-38(3,34)35/h4-5,8-10,29H,6-7,11,28H2,1-3H3,(H,31,32,33). The predicted molar refractivity (Wildman–Crippen MR) is 146 cm³/mol. The van der Waals surface area contributed by atoms with Crippen LogP contribution in [0.25, 0.3) is 22.0 Å². The molecule has 4 aromatic rings. The monoisotopic (exact) mass is 558 g/mol. The second kappa shape index (κ2) is 9.76. The number of hydrogen-bond donors (Lipinski definition) is 3. The predicted octanol–water partition coefficient (Wildman–Crippen LogP) is 4.48.